The molecule has 7 heteroatoms. The van der Waals surface area contributed by atoms with Crippen molar-refractivity contribution in [3.63, 3.8) is 0 Å². The van der Waals surface area contributed by atoms with Crippen LogP contribution in [0.3, 0.4) is 0 Å². The van der Waals surface area contributed by atoms with Gasteiger partial charge in [0, 0.05) is 36.1 Å². The molecule has 0 atom stereocenters. The number of aromatic nitrogens is 3. The molecule has 0 aliphatic heterocycles. The number of rotatable bonds is 8. The number of anilines is 1. The Balaban J connectivity index is 1.85. The van der Waals surface area contributed by atoms with Crippen molar-refractivity contribution in [1.29, 1.82) is 0 Å². The van der Waals surface area contributed by atoms with E-state index in [-0.39, 0.29) is 6.67 Å². The van der Waals surface area contributed by atoms with Gasteiger partial charge in [0.15, 0.2) is 5.65 Å². The van der Waals surface area contributed by atoms with Crippen LogP contribution in [-0.4, -0.2) is 34.1 Å². The van der Waals surface area contributed by atoms with Crippen LogP contribution in [-0.2, 0) is 6.42 Å². The average Bonchev–Trinajstić information content (AvgIpc) is 3.42. The monoisotopic (exact) mass is 420 g/mol. The first-order valence-corrected chi connectivity index (χ1v) is 10.5. The number of nitrogens with zero attached hydrogens (tertiary/aromatic N) is 4. The zero-order valence-electron chi connectivity index (χ0n) is 15.8. The van der Waals surface area contributed by atoms with Crippen molar-refractivity contribution in [2.75, 3.05) is 24.7 Å². The standard InChI is InChI=1S/C21H23Cl2FN4/c1-2-18-21(27(10-3-8-24)13-14-4-5-14)28-11-9-25-19(20(28)26-18)16-7-6-15(22)12-17(16)23/h6-7,9,11-12,14H,2-5,8,10,13H2,1H3. The summed E-state index contributed by atoms with van der Waals surface area (Å²) in [5.74, 6) is 1.74. The molecule has 28 heavy (non-hydrogen) atoms. The predicted octanol–water partition coefficient (Wildman–Crippen LogP) is 5.84. The summed E-state index contributed by atoms with van der Waals surface area (Å²) in [6.45, 7) is 3.41. The Kier molecular flexibility index (Phi) is 5.74. The van der Waals surface area contributed by atoms with Gasteiger partial charge in [-0.3, -0.25) is 13.8 Å². The van der Waals surface area contributed by atoms with E-state index in [2.05, 4.69) is 21.2 Å². The zero-order valence-corrected chi connectivity index (χ0v) is 17.3. The highest BCUT2D eigenvalue weighted by atomic mass is 35.5. The number of aryl methyl sites for hydroxylation is 1. The van der Waals surface area contributed by atoms with Gasteiger partial charge in [-0.15, -0.1) is 0 Å². The lowest BCUT2D eigenvalue weighted by molar-refractivity contribution is 0.468. The lowest BCUT2D eigenvalue weighted by Gasteiger charge is -2.25. The molecule has 0 spiro atoms. The van der Waals surface area contributed by atoms with Crippen molar-refractivity contribution in [3.05, 3.63) is 46.3 Å². The summed E-state index contributed by atoms with van der Waals surface area (Å²) in [4.78, 5) is 11.8. The van der Waals surface area contributed by atoms with E-state index in [1.54, 1.807) is 18.3 Å². The Bertz CT molecular complexity index is 984. The normalized spacial score (nSPS) is 14.0. The molecule has 2 heterocycles. The molecule has 0 radical (unpaired) electrons. The molecule has 0 unspecified atom stereocenters. The van der Waals surface area contributed by atoms with E-state index in [1.165, 1.54) is 12.8 Å². The van der Waals surface area contributed by atoms with E-state index in [0.29, 0.717) is 28.9 Å². The van der Waals surface area contributed by atoms with Crippen molar-refractivity contribution in [3.8, 4) is 11.3 Å². The molecular formula is C21H23Cl2FN4. The average molecular weight is 421 g/mol. The van der Waals surface area contributed by atoms with E-state index < -0.39 is 0 Å². The molecule has 4 nitrogen and oxygen atoms in total. The van der Waals surface area contributed by atoms with E-state index in [0.717, 1.165) is 41.4 Å². The first-order valence-electron chi connectivity index (χ1n) is 9.74. The maximum atomic E-state index is 12.9. The van der Waals surface area contributed by atoms with Gasteiger partial charge in [-0.1, -0.05) is 30.1 Å². The number of halogens is 3. The minimum atomic E-state index is -0.313. The highest BCUT2D eigenvalue weighted by Gasteiger charge is 2.28. The van der Waals surface area contributed by atoms with Gasteiger partial charge in [-0.25, -0.2) is 4.98 Å². The highest BCUT2D eigenvalue weighted by molar-refractivity contribution is 6.36. The number of alkyl halides is 1. The molecule has 0 N–H and O–H groups in total. The summed E-state index contributed by atoms with van der Waals surface area (Å²) in [5.41, 5.74) is 3.29. The summed E-state index contributed by atoms with van der Waals surface area (Å²) >= 11 is 12.5. The fourth-order valence-electron chi connectivity index (χ4n) is 3.60. The third kappa shape index (κ3) is 3.83. The summed E-state index contributed by atoms with van der Waals surface area (Å²) in [5, 5.41) is 1.13. The number of hydrogen-bond donors (Lipinski definition) is 0. The molecule has 1 saturated carbocycles. The third-order valence-corrected chi connectivity index (χ3v) is 5.69. The number of hydrogen-bond acceptors (Lipinski definition) is 3. The first-order chi connectivity index (χ1) is 13.6. The molecule has 1 aliphatic rings. The van der Waals surface area contributed by atoms with Gasteiger partial charge in [0.2, 0.25) is 0 Å². The summed E-state index contributed by atoms with van der Waals surface area (Å²) in [6, 6.07) is 5.39. The number of fused-ring (bicyclic) bond motifs is 1. The van der Waals surface area contributed by atoms with Crippen molar-refractivity contribution in [2.24, 2.45) is 5.92 Å². The SMILES string of the molecule is CCc1nc2c(-c3ccc(Cl)cc3Cl)nccn2c1N(CCCF)CC1CC1. The maximum Gasteiger partial charge on any atom is 0.165 e. The zero-order chi connectivity index (χ0) is 19.7. The molecule has 0 amide bonds. The quantitative estimate of drug-likeness (QED) is 0.458. The molecule has 0 bridgehead atoms. The molecule has 4 rings (SSSR count). The van der Waals surface area contributed by atoms with Crippen LogP contribution in [0.5, 0.6) is 0 Å². The number of imidazole rings is 1. The van der Waals surface area contributed by atoms with Crippen LogP contribution < -0.4 is 4.90 Å². The van der Waals surface area contributed by atoms with Gasteiger partial charge in [0.05, 0.1) is 17.4 Å². The van der Waals surface area contributed by atoms with Crippen molar-refractivity contribution in [1.82, 2.24) is 14.4 Å². The third-order valence-electron chi connectivity index (χ3n) is 5.14. The minimum absolute atomic E-state index is 0.313. The van der Waals surface area contributed by atoms with Gasteiger partial charge < -0.3 is 4.90 Å². The Morgan fingerprint density at radius 2 is 2.11 bits per heavy atom. The van der Waals surface area contributed by atoms with Gasteiger partial charge in [0.1, 0.15) is 11.5 Å². The smallest absolute Gasteiger partial charge is 0.165 e. The van der Waals surface area contributed by atoms with E-state index in [4.69, 9.17) is 28.2 Å². The van der Waals surface area contributed by atoms with Crippen LogP contribution in [0, 0.1) is 5.92 Å². The van der Waals surface area contributed by atoms with E-state index in [1.807, 2.05) is 12.3 Å². The van der Waals surface area contributed by atoms with Crippen molar-refractivity contribution < 1.29 is 4.39 Å². The van der Waals surface area contributed by atoms with Crippen LogP contribution in [0.25, 0.3) is 16.9 Å². The second kappa shape index (κ2) is 8.26. The Morgan fingerprint density at radius 3 is 2.79 bits per heavy atom. The lowest BCUT2D eigenvalue weighted by atomic mass is 10.1. The topological polar surface area (TPSA) is 33.4 Å². The minimum Gasteiger partial charge on any atom is -0.356 e. The largest absolute Gasteiger partial charge is 0.356 e. The van der Waals surface area contributed by atoms with Gasteiger partial charge in [0.25, 0.3) is 0 Å². The molecule has 1 aromatic carbocycles. The molecule has 0 saturated heterocycles. The Labute approximate surface area is 174 Å². The van der Waals surface area contributed by atoms with Crippen molar-refractivity contribution >= 4 is 34.7 Å². The fourth-order valence-corrected chi connectivity index (χ4v) is 4.10. The second-order valence-electron chi connectivity index (χ2n) is 7.26. The second-order valence-corrected chi connectivity index (χ2v) is 8.10. The molecule has 148 valence electrons. The lowest BCUT2D eigenvalue weighted by Crippen LogP contribution is -2.29. The molecular weight excluding hydrogens is 398 g/mol. The van der Waals surface area contributed by atoms with E-state index in [9.17, 15) is 4.39 Å². The highest BCUT2D eigenvalue weighted by Crippen LogP contribution is 2.36. The van der Waals surface area contributed by atoms with Crippen LogP contribution in [0.15, 0.2) is 30.6 Å². The van der Waals surface area contributed by atoms with Gasteiger partial charge >= 0.3 is 0 Å². The molecule has 1 aliphatic carbocycles. The maximum absolute atomic E-state index is 12.9. The van der Waals surface area contributed by atoms with Gasteiger partial charge in [-0.2, -0.15) is 0 Å². The fraction of sp³-hybridized carbons (Fsp3) is 0.429. The van der Waals surface area contributed by atoms with Crippen LogP contribution in [0.1, 0.15) is 31.9 Å². The van der Waals surface area contributed by atoms with Crippen LogP contribution >= 0.6 is 23.2 Å². The first kappa shape index (κ1) is 19.5. The number of benzene rings is 1. The van der Waals surface area contributed by atoms with Gasteiger partial charge in [-0.05, 0) is 49.8 Å². The van der Waals surface area contributed by atoms with Crippen molar-refractivity contribution in [2.45, 2.75) is 32.6 Å². The Hall–Kier alpha value is -1.85. The summed E-state index contributed by atoms with van der Waals surface area (Å²) < 4.78 is 15.0. The molecule has 2 aromatic heterocycles. The van der Waals surface area contributed by atoms with Crippen LogP contribution in [0.2, 0.25) is 10.0 Å². The van der Waals surface area contributed by atoms with Crippen LogP contribution in [0.4, 0.5) is 10.2 Å². The molecule has 3 aromatic rings. The molecule has 1 fully saturated rings. The Morgan fingerprint density at radius 1 is 1.29 bits per heavy atom. The van der Waals surface area contributed by atoms with E-state index >= 15 is 0 Å². The predicted molar refractivity (Wildman–Crippen MR) is 113 cm³/mol. The summed E-state index contributed by atoms with van der Waals surface area (Å²) in [7, 11) is 0. The summed E-state index contributed by atoms with van der Waals surface area (Å²) in [6.07, 6.45) is 7.50.